The molecule has 0 unspecified atom stereocenters. The van der Waals surface area contributed by atoms with Crippen molar-refractivity contribution in [2.24, 2.45) is 5.10 Å². The van der Waals surface area contributed by atoms with Gasteiger partial charge in [-0.15, -0.1) is 0 Å². The van der Waals surface area contributed by atoms with Crippen LogP contribution in [0.1, 0.15) is 5.56 Å². The van der Waals surface area contributed by atoms with Gasteiger partial charge >= 0.3 is 0 Å². The third-order valence-corrected chi connectivity index (χ3v) is 4.82. The van der Waals surface area contributed by atoms with Crippen molar-refractivity contribution in [1.82, 2.24) is 15.0 Å². The Bertz CT molecular complexity index is 847. The number of methoxy groups -OCH3 is 1. The number of aromatic hydroxyl groups is 1. The highest BCUT2D eigenvalue weighted by atomic mass is 16.5. The van der Waals surface area contributed by atoms with Crippen molar-refractivity contribution in [3.05, 3.63) is 23.8 Å². The van der Waals surface area contributed by atoms with Crippen LogP contribution in [0.25, 0.3) is 0 Å². The molecule has 0 amide bonds. The van der Waals surface area contributed by atoms with Crippen LogP contribution < -0.4 is 20.0 Å². The number of ether oxygens (including phenoxy) is 3. The van der Waals surface area contributed by atoms with E-state index in [9.17, 15) is 5.11 Å². The quantitative estimate of drug-likeness (QED) is 0.516. The van der Waals surface area contributed by atoms with Crippen molar-refractivity contribution >= 4 is 24.1 Å². The number of nitrogens with one attached hydrogen (secondary N) is 1. The number of para-hydroxylation sites is 1. The molecule has 0 saturated carbocycles. The number of nitrogens with zero attached hydrogens (tertiary/aromatic N) is 6. The molecule has 2 saturated heterocycles. The van der Waals surface area contributed by atoms with E-state index in [2.05, 4.69) is 35.3 Å². The van der Waals surface area contributed by atoms with Crippen LogP contribution in [0.4, 0.5) is 17.8 Å². The van der Waals surface area contributed by atoms with E-state index in [0.29, 0.717) is 81.8 Å². The van der Waals surface area contributed by atoms with E-state index in [-0.39, 0.29) is 5.75 Å². The van der Waals surface area contributed by atoms with Gasteiger partial charge in [0.05, 0.1) is 39.8 Å². The fraction of sp³-hybridized carbons (Fsp3) is 0.474. The van der Waals surface area contributed by atoms with Crippen LogP contribution >= 0.6 is 0 Å². The zero-order chi connectivity index (χ0) is 20.8. The zero-order valence-electron chi connectivity index (χ0n) is 16.8. The number of hydrogen-bond acceptors (Lipinski definition) is 11. The predicted molar refractivity (Wildman–Crippen MR) is 112 cm³/mol. The minimum absolute atomic E-state index is 0.0178. The number of anilines is 3. The summed E-state index contributed by atoms with van der Waals surface area (Å²) >= 11 is 0. The molecule has 2 aliphatic heterocycles. The van der Waals surface area contributed by atoms with Gasteiger partial charge in [0.25, 0.3) is 0 Å². The number of phenols is 1. The first-order chi connectivity index (χ1) is 14.7. The first-order valence-corrected chi connectivity index (χ1v) is 9.81. The zero-order valence-corrected chi connectivity index (χ0v) is 16.8. The summed E-state index contributed by atoms with van der Waals surface area (Å²) in [6.45, 7) is 5.40. The summed E-state index contributed by atoms with van der Waals surface area (Å²) in [6, 6.07) is 5.18. The lowest BCUT2D eigenvalue weighted by Gasteiger charge is -2.30. The lowest BCUT2D eigenvalue weighted by Crippen LogP contribution is -2.40. The summed E-state index contributed by atoms with van der Waals surface area (Å²) in [4.78, 5) is 17.8. The van der Waals surface area contributed by atoms with Gasteiger partial charge in [0.2, 0.25) is 17.8 Å². The maximum Gasteiger partial charge on any atom is 0.250 e. The van der Waals surface area contributed by atoms with E-state index in [1.807, 2.05) is 0 Å². The third kappa shape index (κ3) is 4.69. The highest BCUT2D eigenvalue weighted by molar-refractivity contribution is 5.85. The Kier molecular flexibility index (Phi) is 6.40. The maximum absolute atomic E-state index is 10.2. The van der Waals surface area contributed by atoms with Crippen molar-refractivity contribution in [1.29, 1.82) is 0 Å². The molecule has 4 rings (SSSR count). The van der Waals surface area contributed by atoms with Crippen LogP contribution in [0.5, 0.6) is 11.5 Å². The average molecular weight is 415 g/mol. The first kappa shape index (κ1) is 20.1. The minimum atomic E-state index is 0.0178. The molecule has 0 radical (unpaired) electrons. The van der Waals surface area contributed by atoms with Crippen LogP contribution in [0, 0.1) is 0 Å². The van der Waals surface area contributed by atoms with Crippen LogP contribution in [-0.4, -0.2) is 86.0 Å². The lowest BCUT2D eigenvalue weighted by atomic mass is 10.2. The van der Waals surface area contributed by atoms with E-state index in [1.54, 1.807) is 18.2 Å². The van der Waals surface area contributed by atoms with Crippen molar-refractivity contribution in [3.63, 3.8) is 0 Å². The number of aromatic nitrogens is 3. The van der Waals surface area contributed by atoms with E-state index in [4.69, 9.17) is 14.2 Å². The molecule has 11 heteroatoms. The number of rotatable bonds is 6. The molecule has 0 bridgehead atoms. The molecule has 30 heavy (non-hydrogen) atoms. The van der Waals surface area contributed by atoms with Crippen LogP contribution in [-0.2, 0) is 9.47 Å². The van der Waals surface area contributed by atoms with Crippen molar-refractivity contribution < 1.29 is 19.3 Å². The molecule has 3 heterocycles. The predicted octanol–water partition coefficient (Wildman–Crippen LogP) is 0.705. The molecular formula is C19H25N7O4. The second kappa shape index (κ2) is 9.55. The Balaban J connectivity index is 1.56. The fourth-order valence-corrected chi connectivity index (χ4v) is 3.18. The third-order valence-electron chi connectivity index (χ3n) is 4.82. The van der Waals surface area contributed by atoms with Gasteiger partial charge in [-0.05, 0) is 12.1 Å². The molecular weight excluding hydrogens is 390 g/mol. The van der Waals surface area contributed by atoms with Gasteiger partial charge in [-0.3, -0.25) is 0 Å². The molecule has 0 spiro atoms. The molecule has 0 aliphatic carbocycles. The monoisotopic (exact) mass is 415 g/mol. The number of phenolic OH excluding ortho intramolecular Hbond substituents is 1. The van der Waals surface area contributed by atoms with E-state index < -0.39 is 0 Å². The Morgan fingerprint density at radius 2 is 1.60 bits per heavy atom. The van der Waals surface area contributed by atoms with Crippen molar-refractivity contribution in [2.45, 2.75) is 0 Å². The van der Waals surface area contributed by atoms with Gasteiger partial charge in [-0.1, -0.05) is 6.07 Å². The van der Waals surface area contributed by atoms with Gasteiger partial charge in [-0.2, -0.15) is 20.1 Å². The number of benzene rings is 1. The highest BCUT2D eigenvalue weighted by Gasteiger charge is 2.20. The van der Waals surface area contributed by atoms with Crippen molar-refractivity contribution in [2.75, 3.05) is 74.9 Å². The van der Waals surface area contributed by atoms with Gasteiger partial charge in [0.15, 0.2) is 11.5 Å². The highest BCUT2D eigenvalue weighted by Crippen LogP contribution is 2.28. The molecule has 1 aromatic heterocycles. The second-order valence-electron chi connectivity index (χ2n) is 6.73. The van der Waals surface area contributed by atoms with Gasteiger partial charge in [0.1, 0.15) is 0 Å². The molecule has 2 aromatic rings. The maximum atomic E-state index is 10.2. The normalized spacial score (nSPS) is 17.4. The Morgan fingerprint density at radius 1 is 1.00 bits per heavy atom. The number of morpholine rings is 2. The Labute approximate surface area is 174 Å². The standard InChI is InChI=1S/C19H25N7O4/c1-28-15-4-2-3-14(16(15)27)13-20-24-17-21-18(25-5-9-29-10-6-25)23-19(22-17)26-7-11-30-12-8-26/h2-4,13,27H,5-12H2,1H3,(H,21,22,23,24). The summed E-state index contributed by atoms with van der Waals surface area (Å²) in [6.07, 6.45) is 1.49. The molecule has 11 nitrogen and oxygen atoms in total. The topological polar surface area (TPSA) is 117 Å². The largest absolute Gasteiger partial charge is 0.504 e. The molecule has 0 atom stereocenters. The van der Waals surface area contributed by atoms with E-state index >= 15 is 0 Å². The van der Waals surface area contributed by atoms with Crippen LogP contribution in [0.2, 0.25) is 0 Å². The molecule has 2 aliphatic rings. The summed E-state index contributed by atoms with van der Waals surface area (Å²) in [5.74, 6) is 1.88. The summed E-state index contributed by atoms with van der Waals surface area (Å²) in [7, 11) is 1.50. The molecule has 2 N–H and O–H groups in total. The lowest BCUT2D eigenvalue weighted by molar-refractivity contribution is 0.121. The van der Waals surface area contributed by atoms with Gasteiger partial charge < -0.3 is 29.1 Å². The van der Waals surface area contributed by atoms with E-state index in [0.717, 1.165) is 0 Å². The number of hydrazone groups is 1. The molecule has 2 fully saturated rings. The fourth-order valence-electron chi connectivity index (χ4n) is 3.18. The van der Waals surface area contributed by atoms with E-state index in [1.165, 1.54) is 13.3 Å². The number of hydrogen-bond donors (Lipinski definition) is 2. The van der Waals surface area contributed by atoms with Crippen LogP contribution in [0.15, 0.2) is 23.3 Å². The smallest absolute Gasteiger partial charge is 0.250 e. The summed E-state index contributed by atoms with van der Waals surface area (Å²) in [5, 5.41) is 14.4. The Morgan fingerprint density at radius 3 is 2.17 bits per heavy atom. The van der Waals surface area contributed by atoms with Gasteiger partial charge in [-0.25, -0.2) is 5.43 Å². The van der Waals surface area contributed by atoms with Crippen LogP contribution in [0.3, 0.4) is 0 Å². The Hall–Kier alpha value is -3.18. The summed E-state index contributed by atoms with van der Waals surface area (Å²) in [5.41, 5.74) is 3.37. The molecule has 160 valence electrons. The van der Waals surface area contributed by atoms with Crippen molar-refractivity contribution in [3.8, 4) is 11.5 Å². The van der Waals surface area contributed by atoms with Gasteiger partial charge in [0, 0.05) is 31.7 Å². The minimum Gasteiger partial charge on any atom is -0.504 e. The molecule has 1 aromatic carbocycles. The second-order valence-corrected chi connectivity index (χ2v) is 6.73. The summed E-state index contributed by atoms with van der Waals surface area (Å²) < 4.78 is 16.0. The SMILES string of the molecule is COc1cccc(C=NNc2nc(N3CCOCC3)nc(N3CCOCC3)n2)c1O. The first-order valence-electron chi connectivity index (χ1n) is 9.81. The average Bonchev–Trinajstić information content (AvgIpc) is 2.81.